The number of amides is 1. The van der Waals surface area contributed by atoms with E-state index in [4.69, 9.17) is 15.3 Å². The van der Waals surface area contributed by atoms with E-state index in [0.29, 0.717) is 11.1 Å². The second kappa shape index (κ2) is 7.91. The van der Waals surface area contributed by atoms with E-state index in [2.05, 4.69) is 46.0 Å². The molecule has 1 unspecified atom stereocenters. The molecule has 3 aromatic rings. The van der Waals surface area contributed by atoms with Crippen LogP contribution in [-0.4, -0.2) is 20.7 Å². The number of carbonyl (C=O) groups is 1. The monoisotopic (exact) mass is 403 g/mol. The molecule has 0 spiro atoms. The highest BCUT2D eigenvalue weighted by atomic mass is 16.1. The molecule has 30 heavy (non-hydrogen) atoms. The fourth-order valence-corrected chi connectivity index (χ4v) is 3.45. The Labute approximate surface area is 177 Å². The summed E-state index contributed by atoms with van der Waals surface area (Å²) in [6, 6.07) is 11.1. The van der Waals surface area contributed by atoms with Gasteiger partial charge in [0.25, 0.3) is 5.91 Å². The highest BCUT2D eigenvalue weighted by molar-refractivity contribution is 6.06. The number of hydrogen-bond donors (Lipinski definition) is 1. The van der Waals surface area contributed by atoms with Crippen molar-refractivity contribution >= 4 is 16.9 Å². The number of rotatable bonds is 4. The number of pyridine rings is 1. The predicted octanol–water partition coefficient (Wildman–Crippen LogP) is 4.98. The number of benzene rings is 1. The normalized spacial score (nSPS) is 12.8. The molecule has 1 N–H and O–H groups in total. The quantitative estimate of drug-likeness (QED) is 0.666. The standard InChI is InChI=1S/C24H29N5O/c1-14(2)20-12-19(21-16(4)28-29(22(21)27-20)24(5,6)7)23(30)26-15(3)18-10-8-17(13-25)9-11-18/h8-12,14-15H,1-7H3,(H,26,30). The Balaban J connectivity index is 2.06. The van der Waals surface area contributed by atoms with Crippen molar-refractivity contribution in [1.82, 2.24) is 20.1 Å². The Hall–Kier alpha value is -3.20. The maximum Gasteiger partial charge on any atom is 0.252 e. The average molecular weight is 404 g/mol. The van der Waals surface area contributed by atoms with Gasteiger partial charge in [0.05, 0.1) is 39.9 Å². The summed E-state index contributed by atoms with van der Waals surface area (Å²) in [6.07, 6.45) is 0. The molecule has 0 saturated carbocycles. The van der Waals surface area contributed by atoms with E-state index in [1.807, 2.05) is 36.7 Å². The number of nitrogens with one attached hydrogen (secondary N) is 1. The van der Waals surface area contributed by atoms with Crippen LogP contribution in [0.2, 0.25) is 0 Å². The van der Waals surface area contributed by atoms with Gasteiger partial charge in [0.15, 0.2) is 5.65 Å². The topological polar surface area (TPSA) is 83.6 Å². The fraction of sp³-hybridized carbons (Fsp3) is 0.417. The maximum atomic E-state index is 13.3. The van der Waals surface area contributed by atoms with Crippen molar-refractivity contribution in [2.24, 2.45) is 0 Å². The Morgan fingerprint density at radius 2 is 1.80 bits per heavy atom. The van der Waals surface area contributed by atoms with Crippen molar-refractivity contribution in [2.75, 3.05) is 0 Å². The van der Waals surface area contributed by atoms with Gasteiger partial charge in [-0.05, 0) is 64.3 Å². The molecule has 0 aliphatic heterocycles. The third-order valence-electron chi connectivity index (χ3n) is 5.19. The van der Waals surface area contributed by atoms with Gasteiger partial charge in [-0.15, -0.1) is 0 Å². The molecule has 6 heteroatoms. The molecule has 0 bridgehead atoms. The molecule has 1 atom stereocenters. The largest absolute Gasteiger partial charge is 0.345 e. The van der Waals surface area contributed by atoms with E-state index in [9.17, 15) is 4.79 Å². The van der Waals surface area contributed by atoms with Gasteiger partial charge in [-0.1, -0.05) is 26.0 Å². The molecule has 0 aliphatic rings. The first-order valence-electron chi connectivity index (χ1n) is 10.2. The van der Waals surface area contributed by atoms with E-state index >= 15 is 0 Å². The summed E-state index contributed by atoms with van der Waals surface area (Å²) in [4.78, 5) is 18.2. The minimum absolute atomic E-state index is 0.155. The van der Waals surface area contributed by atoms with Gasteiger partial charge in [0, 0.05) is 5.69 Å². The van der Waals surface area contributed by atoms with Crippen LogP contribution in [0, 0.1) is 18.3 Å². The van der Waals surface area contributed by atoms with Crippen LogP contribution in [0.5, 0.6) is 0 Å². The van der Waals surface area contributed by atoms with Crippen LogP contribution in [-0.2, 0) is 5.54 Å². The van der Waals surface area contributed by atoms with Crippen LogP contribution in [0.3, 0.4) is 0 Å². The van der Waals surface area contributed by atoms with Crippen molar-refractivity contribution < 1.29 is 4.79 Å². The molecule has 2 aromatic heterocycles. The Kier molecular flexibility index (Phi) is 5.67. The molecule has 6 nitrogen and oxygen atoms in total. The highest BCUT2D eigenvalue weighted by Crippen LogP contribution is 2.29. The second-order valence-corrected chi connectivity index (χ2v) is 9.04. The number of nitrogens with zero attached hydrogens (tertiary/aromatic N) is 4. The highest BCUT2D eigenvalue weighted by Gasteiger charge is 2.25. The van der Waals surface area contributed by atoms with Gasteiger partial charge in [-0.3, -0.25) is 4.79 Å². The first-order chi connectivity index (χ1) is 14.0. The van der Waals surface area contributed by atoms with Gasteiger partial charge in [0.1, 0.15) is 0 Å². The third kappa shape index (κ3) is 4.06. The van der Waals surface area contributed by atoms with Crippen molar-refractivity contribution in [1.29, 1.82) is 5.26 Å². The number of carbonyl (C=O) groups excluding carboxylic acids is 1. The van der Waals surface area contributed by atoms with Crippen LogP contribution >= 0.6 is 0 Å². The molecular formula is C24H29N5O. The van der Waals surface area contributed by atoms with Gasteiger partial charge in [-0.25, -0.2) is 9.67 Å². The number of aromatic nitrogens is 3. The zero-order valence-corrected chi connectivity index (χ0v) is 18.7. The van der Waals surface area contributed by atoms with Crippen LogP contribution in [0.25, 0.3) is 11.0 Å². The van der Waals surface area contributed by atoms with Gasteiger partial charge >= 0.3 is 0 Å². The lowest BCUT2D eigenvalue weighted by Gasteiger charge is -2.21. The summed E-state index contributed by atoms with van der Waals surface area (Å²) in [5.74, 6) is 0.0262. The van der Waals surface area contributed by atoms with Crippen molar-refractivity contribution in [3.63, 3.8) is 0 Å². The summed E-state index contributed by atoms with van der Waals surface area (Å²) < 4.78 is 1.91. The SMILES string of the molecule is Cc1nn(C(C)(C)C)c2nc(C(C)C)cc(C(=O)NC(C)c3ccc(C#N)cc3)c12. The minimum atomic E-state index is -0.251. The van der Waals surface area contributed by atoms with Crippen LogP contribution < -0.4 is 5.32 Å². The lowest BCUT2D eigenvalue weighted by atomic mass is 10.0. The second-order valence-electron chi connectivity index (χ2n) is 9.04. The fourth-order valence-electron chi connectivity index (χ4n) is 3.45. The lowest BCUT2D eigenvalue weighted by Crippen LogP contribution is -2.27. The minimum Gasteiger partial charge on any atom is -0.345 e. The third-order valence-corrected chi connectivity index (χ3v) is 5.19. The summed E-state index contributed by atoms with van der Waals surface area (Å²) in [6.45, 7) is 14.2. The molecule has 2 heterocycles. The zero-order chi connectivity index (χ0) is 22.2. The molecule has 0 saturated heterocycles. The lowest BCUT2D eigenvalue weighted by molar-refractivity contribution is 0.0941. The van der Waals surface area contributed by atoms with E-state index in [1.165, 1.54) is 0 Å². The van der Waals surface area contributed by atoms with Gasteiger partial charge in [0.2, 0.25) is 0 Å². The first kappa shape index (κ1) is 21.5. The van der Waals surface area contributed by atoms with Crippen molar-refractivity contribution in [3.05, 3.63) is 58.4 Å². The van der Waals surface area contributed by atoms with Crippen LogP contribution in [0.15, 0.2) is 30.3 Å². The smallest absolute Gasteiger partial charge is 0.252 e. The summed E-state index contributed by atoms with van der Waals surface area (Å²) in [5.41, 5.74) is 4.28. The number of nitriles is 1. The molecule has 3 rings (SSSR count). The van der Waals surface area contributed by atoms with E-state index in [0.717, 1.165) is 28.0 Å². The average Bonchev–Trinajstić information content (AvgIpc) is 3.04. The number of hydrogen-bond acceptors (Lipinski definition) is 4. The van der Waals surface area contributed by atoms with E-state index in [-0.39, 0.29) is 23.4 Å². The molecule has 0 radical (unpaired) electrons. The molecule has 1 amide bonds. The van der Waals surface area contributed by atoms with E-state index in [1.54, 1.807) is 12.1 Å². The van der Waals surface area contributed by atoms with E-state index < -0.39 is 0 Å². The molecule has 1 aromatic carbocycles. The Morgan fingerprint density at radius 3 is 2.33 bits per heavy atom. The Morgan fingerprint density at radius 1 is 1.17 bits per heavy atom. The van der Waals surface area contributed by atoms with Crippen LogP contribution in [0.1, 0.15) is 86.4 Å². The predicted molar refractivity (Wildman–Crippen MR) is 118 cm³/mol. The molecule has 156 valence electrons. The summed E-state index contributed by atoms with van der Waals surface area (Å²) in [7, 11) is 0. The van der Waals surface area contributed by atoms with Gasteiger partial charge in [-0.2, -0.15) is 10.4 Å². The number of aryl methyl sites for hydroxylation is 1. The summed E-state index contributed by atoms with van der Waals surface area (Å²) in [5, 5.41) is 17.6. The van der Waals surface area contributed by atoms with Crippen molar-refractivity contribution in [2.45, 2.75) is 66.0 Å². The molecular weight excluding hydrogens is 374 g/mol. The first-order valence-corrected chi connectivity index (χ1v) is 10.2. The zero-order valence-electron chi connectivity index (χ0n) is 18.7. The Bertz CT molecular complexity index is 1130. The molecule has 0 fully saturated rings. The maximum absolute atomic E-state index is 13.3. The molecule has 0 aliphatic carbocycles. The van der Waals surface area contributed by atoms with Crippen LogP contribution in [0.4, 0.5) is 0 Å². The van der Waals surface area contributed by atoms with Gasteiger partial charge < -0.3 is 5.32 Å². The number of fused-ring (bicyclic) bond motifs is 1. The van der Waals surface area contributed by atoms with Crippen molar-refractivity contribution in [3.8, 4) is 6.07 Å². The summed E-state index contributed by atoms with van der Waals surface area (Å²) >= 11 is 0.